The van der Waals surface area contributed by atoms with Gasteiger partial charge in [0.1, 0.15) is 5.75 Å². The number of rotatable bonds is 1. The van der Waals surface area contributed by atoms with Gasteiger partial charge in [0.05, 0.1) is 0 Å². The van der Waals surface area contributed by atoms with Crippen LogP contribution in [0.1, 0.15) is 19.4 Å². The van der Waals surface area contributed by atoms with Crippen molar-refractivity contribution in [1.29, 1.82) is 0 Å². The summed E-state index contributed by atoms with van der Waals surface area (Å²) in [5.74, 6) is 0.329. The van der Waals surface area contributed by atoms with Crippen LogP contribution in [0.3, 0.4) is 0 Å². The number of allylic oxidation sites excluding steroid dienone is 1. The molecule has 0 saturated carbocycles. The van der Waals surface area contributed by atoms with Crippen molar-refractivity contribution in [2.24, 2.45) is 0 Å². The molecule has 0 aromatic heterocycles. The lowest BCUT2D eigenvalue weighted by Crippen LogP contribution is -2.01. The molecule has 0 spiro atoms. The van der Waals surface area contributed by atoms with Crippen LogP contribution in [0.4, 0.5) is 0 Å². The molecule has 1 aromatic carbocycles. The normalized spacial score (nSPS) is 7.73. The van der Waals surface area contributed by atoms with Crippen molar-refractivity contribution in [2.45, 2.75) is 20.8 Å². The van der Waals surface area contributed by atoms with Crippen LogP contribution in [-0.2, 0) is 0 Å². The minimum absolute atomic E-state index is 0.329. The second kappa shape index (κ2) is 12.7. The third kappa shape index (κ3) is 15.5. The van der Waals surface area contributed by atoms with Gasteiger partial charge in [-0.3, -0.25) is 0 Å². The van der Waals surface area contributed by atoms with Gasteiger partial charge in [0, 0.05) is 0 Å². The summed E-state index contributed by atoms with van der Waals surface area (Å²) in [6.07, 6.45) is 1.75. The van der Waals surface area contributed by atoms with Gasteiger partial charge in [-0.25, -0.2) is 0 Å². The lowest BCUT2D eigenvalue weighted by molar-refractivity contribution is 0.475. The van der Waals surface area contributed by atoms with E-state index in [1.807, 2.05) is 33.0 Å². The molecular formula is C13H23NO. The third-order valence-electron chi connectivity index (χ3n) is 1.39. The third-order valence-corrected chi connectivity index (χ3v) is 1.39. The van der Waals surface area contributed by atoms with Gasteiger partial charge in [-0.05, 0) is 39.6 Å². The predicted octanol–water partition coefficient (Wildman–Crippen LogP) is 3.12. The van der Waals surface area contributed by atoms with Crippen molar-refractivity contribution in [1.82, 2.24) is 5.32 Å². The first-order valence-electron chi connectivity index (χ1n) is 5.09. The van der Waals surface area contributed by atoms with Gasteiger partial charge in [-0.2, -0.15) is 0 Å². The van der Waals surface area contributed by atoms with Gasteiger partial charge in [-0.15, -0.1) is 6.58 Å². The molecule has 0 atom stereocenters. The number of benzene rings is 1. The molecule has 15 heavy (non-hydrogen) atoms. The zero-order valence-corrected chi connectivity index (χ0v) is 10.2. The Hall–Kier alpha value is -1.28. The lowest BCUT2D eigenvalue weighted by atomic mass is 10.2. The molecule has 2 heteroatoms. The van der Waals surface area contributed by atoms with E-state index in [0.717, 1.165) is 6.54 Å². The average Bonchev–Trinajstić information content (AvgIpc) is 2.24. The average molecular weight is 209 g/mol. The van der Waals surface area contributed by atoms with E-state index in [9.17, 15) is 0 Å². The Bertz CT molecular complexity index is 206. The quantitative estimate of drug-likeness (QED) is 0.696. The van der Waals surface area contributed by atoms with Crippen LogP contribution >= 0.6 is 0 Å². The van der Waals surface area contributed by atoms with Crippen molar-refractivity contribution in [3.05, 3.63) is 42.5 Å². The van der Waals surface area contributed by atoms with E-state index in [1.54, 1.807) is 18.2 Å². The zero-order chi connectivity index (χ0) is 12.1. The molecule has 0 aliphatic rings. The fraction of sp³-hybridized carbons (Fsp3) is 0.385. The van der Waals surface area contributed by atoms with E-state index in [1.165, 1.54) is 5.56 Å². The van der Waals surface area contributed by atoms with E-state index >= 15 is 0 Å². The standard InChI is InChI=1S/C7H8O.C3H9N.C3H6/c1-6-2-4-7(8)5-3-6;1-3-4-2;1-3-2/h2-5,8H,1H3;4H,3H2,1-2H3;3H,1H2,2H3. The van der Waals surface area contributed by atoms with E-state index in [2.05, 4.69) is 18.8 Å². The van der Waals surface area contributed by atoms with Gasteiger partial charge in [0.2, 0.25) is 0 Å². The Kier molecular flexibility index (Phi) is 13.7. The summed E-state index contributed by atoms with van der Waals surface area (Å²) in [5.41, 5.74) is 1.17. The summed E-state index contributed by atoms with van der Waals surface area (Å²) >= 11 is 0. The van der Waals surface area contributed by atoms with Crippen LogP contribution < -0.4 is 5.32 Å². The highest BCUT2D eigenvalue weighted by Gasteiger charge is 1.82. The lowest BCUT2D eigenvalue weighted by Gasteiger charge is -1.89. The molecule has 0 amide bonds. The number of phenols is 1. The highest BCUT2D eigenvalue weighted by atomic mass is 16.3. The minimum Gasteiger partial charge on any atom is -0.508 e. The Morgan fingerprint density at radius 1 is 1.33 bits per heavy atom. The first-order valence-corrected chi connectivity index (χ1v) is 5.09. The summed E-state index contributed by atoms with van der Waals surface area (Å²) < 4.78 is 0. The molecule has 2 N–H and O–H groups in total. The Labute approximate surface area is 93.7 Å². The highest BCUT2D eigenvalue weighted by molar-refractivity contribution is 5.24. The number of hydrogen-bond donors (Lipinski definition) is 2. The first-order chi connectivity index (χ1) is 7.12. The molecule has 2 nitrogen and oxygen atoms in total. The summed E-state index contributed by atoms with van der Waals surface area (Å²) in [5, 5.41) is 11.7. The number of nitrogens with one attached hydrogen (secondary N) is 1. The summed E-state index contributed by atoms with van der Waals surface area (Å²) in [6.45, 7) is 10.4. The zero-order valence-electron chi connectivity index (χ0n) is 10.2. The second-order valence-electron chi connectivity index (χ2n) is 2.95. The maximum absolute atomic E-state index is 8.76. The molecule has 0 aliphatic heterocycles. The maximum atomic E-state index is 8.76. The number of aryl methyl sites for hydroxylation is 1. The molecule has 0 radical (unpaired) electrons. The van der Waals surface area contributed by atoms with Crippen LogP contribution in [0, 0.1) is 6.92 Å². The van der Waals surface area contributed by atoms with Crippen LogP contribution in [0.25, 0.3) is 0 Å². The minimum atomic E-state index is 0.329. The first kappa shape index (κ1) is 16.2. The van der Waals surface area contributed by atoms with Crippen LogP contribution in [-0.4, -0.2) is 18.7 Å². The van der Waals surface area contributed by atoms with Gasteiger partial charge in [0.15, 0.2) is 0 Å². The van der Waals surface area contributed by atoms with E-state index < -0.39 is 0 Å². The van der Waals surface area contributed by atoms with Gasteiger partial charge >= 0.3 is 0 Å². The molecule has 0 fully saturated rings. The molecule has 1 aromatic rings. The predicted molar refractivity (Wildman–Crippen MR) is 68.3 cm³/mol. The monoisotopic (exact) mass is 209 g/mol. The summed E-state index contributed by atoms with van der Waals surface area (Å²) in [4.78, 5) is 0. The second-order valence-corrected chi connectivity index (χ2v) is 2.95. The molecule has 0 unspecified atom stereocenters. The molecular weight excluding hydrogens is 186 g/mol. The fourth-order valence-electron chi connectivity index (χ4n) is 0.545. The molecule has 86 valence electrons. The van der Waals surface area contributed by atoms with Crippen LogP contribution in [0.2, 0.25) is 0 Å². The number of phenolic OH excluding ortho intramolecular Hbond substituents is 1. The van der Waals surface area contributed by atoms with Gasteiger partial charge in [-0.1, -0.05) is 30.7 Å². The van der Waals surface area contributed by atoms with Crippen molar-refractivity contribution in [2.75, 3.05) is 13.6 Å². The molecule has 0 bridgehead atoms. The Morgan fingerprint density at radius 2 is 1.67 bits per heavy atom. The number of aromatic hydroxyl groups is 1. The summed E-state index contributed by atoms with van der Waals surface area (Å²) in [6, 6.07) is 7.09. The topological polar surface area (TPSA) is 32.3 Å². The SMILES string of the molecule is C=CC.CCNC.Cc1ccc(O)cc1. The maximum Gasteiger partial charge on any atom is 0.115 e. The van der Waals surface area contributed by atoms with Crippen molar-refractivity contribution < 1.29 is 5.11 Å². The fourth-order valence-corrected chi connectivity index (χ4v) is 0.545. The van der Waals surface area contributed by atoms with Crippen LogP contribution in [0.5, 0.6) is 5.75 Å². The smallest absolute Gasteiger partial charge is 0.115 e. The van der Waals surface area contributed by atoms with Crippen molar-refractivity contribution in [3.8, 4) is 5.75 Å². The van der Waals surface area contributed by atoms with Gasteiger partial charge in [0.25, 0.3) is 0 Å². The van der Waals surface area contributed by atoms with E-state index in [0.29, 0.717) is 5.75 Å². The van der Waals surface area contributed by atoms with E-state index in [4.69, 9.17) is 5.11 Å². The van der Waals surface area contributed by atoms with E-state index in [-0.39, 0.29) is 0 Å². The largest absolute Gasteiger partial charge is 0.508 e. The highest BCUT2D eigenvalue weighted by Crippen LogP contribution is 2.07. The molecule has 0 heterocycles. The Morgan fingerprint density at radius 3 is 1.87 bits per heavy atom. The van der Waals surface area contributed by atoms with Gasteiger partial charge < -0.3 is 10.4 Å². The molecule has 0 saturated heterocycles. The van der Waals surface area contributed by atoms with Crippen molar-refractivity contribution in [3.63, 3.8) is 0 Å². The summed E-state index contributed by atoms with van der Waals surface area (Å²) in [7, 11) is 1.93. The van der Waals surface area contributed by atoms with Crippen LogP contribution in [0.15, 0.2) is 36.9 Å². The molecule has 1 rings (SSSR count). The molecule has 0 aliphatic carbocycles. The number of hydrogen-bond acceptors (Lipinski definition) is 2. The Balaban J connectivity index is 0. The van der Waals surface area contributed by atoms with Crippen molar-refractivity contribution >= 4 is 0 Å².